The van der Waals surface area contributed by atoms with Crippen molar-refractivity contribution in [1.29, 1.82) is 0 Å². The van der Waals surface area contributed by atoms with E-state index < -0.39 is 65.8 Å². The van der Waals surface area contributed by atoms with E-state index in [0.717, 1.165) is 19.3 Å². The molecule has 1 saturated carbocycles. The average molecular weight is 809 g/mol. The molecule has 5 amide bonds. The molecule has 1 aliphatic carbocycles. The minimum Gasteiger partial charge on any atom is -0.480 e. The maximum atomic E-state index is 14.2. The van der Waals surface area contributed by atoms with Crippen molar-refractivity contribution in [1.82, 2.24) is 26.2 Å². The molecular formula is C36H68N14O7. The molecule has 0 bridgehead atoms. The van der Waals surface area contributed by atoms with Crippen LogP contribution < -0.4 is 61.4 Å². The van der Waals surface area contributed by atoms with E-state index in [2.05, 4.69) is 31.3 Å². The first-order chi connectivity index (χ1) is 27.1. The number of unbranched alkanes of at least 4 members (excludes halogenated alkanes) is 2. The predicted molar refractivity (Wildman–Crippen MR) is 216 cm³/mol. The fourth-order valence-corrected chi connectivity index (χ4v) is 7.28. The van der Waals surface area contributed by atoms with Crippen LogP contribution in [0.1, 0.15) is 103 Å². The molecule has 1 saturated heterocycles. The van der Waals surface area contributed by atoms with Gasteiger partial charge in [0.2, 0.25) is 29.5 Å². The molecule has 57 heavy (non-hydrogen) atoms. The molecule has 0 aromatic rings. The number of carboxylic acid groups (broad SMARTS) is 1. The lowest BCUT2D eigenvalue weighted by atomic mass is 9.84. The van der Waals surface area contributed by atoms with Crippen LogP contribution in [0, 0.1) is 5.92 Å². The highest BCUT2D eigenvalue weighted by Crippen LogP contribution is 2.40. The molecule has 0 spiro atoms. The van der Waals surface area contributed by atoms with Crippen molar-refractivity contribution in [3.63, 3.8) is 0 Å². The van der Waals surface area contributed by atoms with Crippen molar-refractivity contribution in [3.8, 4) is 0 Å². The first-order valence-corrected chi connectivity index (χ1v) is 20.2. The summed E-state index contributed by atoms with van der Waals surface area (Å²) < 4.78 is 0. The van der Waals surface area contributed by atoms with Crippen LogP contribution in [0.3, 0.4) is 0 Å². The van der Waals surface area contributed by atoms with Crippen molar-refractivity contribution in [2.24, 2.45) is 56.0 Å². The molecular weight excluding hydrogens is 740 g/mol. The van der Waals surface area contributed by atoms with Crippen LogP contribution in [0.15, 0.2) is 9.98 Å². The van der Waals surface area contributed by atoms with Gasteiger partial charge in [-0.2, -0.15) is 0 Å². The Bertz CT molecular complexity index is 1390. The van der Waals surface area contributed by atoms with E-state index >= 15 is 0 Å². The number of fused-ring (bicyclic) bond motifs is 1. The van der Waals surface area contributed by atoms with Crippen molar-refractivity contribution in [2.45, 2.75) is 146 Å². The lowest BCUT2D eigenvalue weighted by molar-refractivity contribution is -0.146. The van der Waals surface area contributed by atoms with Gasteiger partial charge in [-0.05, 0) is 95.9 Å². The van der Waals surface area contributed by atoms with Crippen LogP contribution in [0.2, 0.25) is 0 Å². The van der Waals surface area contributed by atoms with E-state index in [9.17, 15) is 33.9 Å². The molecule has 1 heterocycles. The Kier molecular flexibility index (Phi) is 21.6. The number of carboxylic acids is 1. The highest BCUT2D eigenvalue weighted by atomic mass is 16.4. The Hall–Kier alpha value is -4.76. The maximum Gasteiger partial charge on any atom is 0.326 e. The second kappa shape index (κ2) is 25.5. The van der Waals surface area contributed by atoms with Crippen LogP contribution >= 0.6 is 0 Å². The van der Waals surface area contributed by atoms with E-state index in [1.54, 1.807) is 6.92 Å². The summed E-state index contributed by atoms with van der Waals surface area (Å²) in [5.74, 6) is -3.70. The van der Waals surface area contributed by atoms with Crippen molar-refractivity contribution in [3.05, 3.63) is 0 Å². The standard InChI is InChI=1S/C36H68N14O7/c1-2-22(38)29(51)47-24(12-6-8-18-45-35(40)41)31(53)44-17-7-5-11-23(39)30(52)48-25(15-16-37)33(55)50-27-14-4-3-10-21(27)20-28(50)32(54)49-26(34(56)57)13-9-19-46-36(42)43/h21-28H,2-20,37-39H2,1H3,(H,44,53)(H,47,51)(H,48,52)(H,49,54)(H,56,57)(H4,40,41,45)(H4,42,43,46)/t21?,22-,23-,24-,25-,26-,27?,28-/m0/s1. The van der Waals surface area contributed by atoms with Crippen LogP contribution in [0.5, 0.6) is 0 Å². The molecule has 0 aromatic carbocycles. The summed E-state index contributed by atoms with van der Waals surface area (Å²) in [6, 6.07) is -5.95. The molecule has 2 aliphatic rings. The van der Waals surface area contributed by atoms with Gasteiger partial charge in [0.05, 0.1) is 12.1 Å². The zero-order chi connectivity index (χ0) is 42.5. The second-order valence-electron chi connectivity index (χ2n) is 14.9. The number of rotatable bonds is 26. The number of nitrogens with one attached hydrogen (secondary N) is 4. The summed E-state index contributed by atoms with van der Waals surface area (Å²) >= 11 is 0. The fourth-order valence-electron chi connectivity index (χ4n) is 7.28. The summed E-state index contributed by atoms with van der Waals surface area (Å²) in [5.41, 5.74) is 39.4. The molecule has 2 unspecified atom stereocenters. The quantitative estimate of drug-likeness (QED) is 0.0234. The third-order valence-electron chi connectivity index (χ3n) is 10.5. The Morgan fingerprint density at radius 2 is 1.32 bits per heavy atom. The lowest BCUT2D eigenvalue weighted by Gasteiger charge is -2.36. The van der Waals surface area contributed by atoms with Crippen LogP contribution in [-0.2, 0) is 28.8 Å². The number of nitrogens with two attached hydrogens (primary N) is 7. The van der Waals surface area contributed by atoms with Gasteiger partial charge in [-0.25, -0.2) is 4.79 Å². The Morgan fingerprint density at radius 3 is 1.95 bits per heavy atom. The average Bonchev–Trinajstić information content (AvgIpc) is 3.56. The van der Waals surface area contributed by atoms with Gasteiger partial charge in [-0.15, -0.1) is 0 Å². The number of guanidine groups is 2. The molecule has 0 aromatic heterocycles. The number of likely N-dealkylation sites (tertiary alicyclic amines) is 1. The van der Waals surface area contributed by atoms with Gasteiger partial charge in [0.25, 0.3) is 0 Å². The number of hydrogen-bond acceptors (Lipinski definition) is 11. The van der Waals surface area contributed by atoms with E-state index in [0.29, 0.717) is 64.3 Å². The molecule has 21 nitrogen and oxygen atoms in total. The van der Waals surface area contributed by atoms with Gasteiger partial charge >= 0.3 is 5.97 Å². The first kappa shape index (κ1) is 48.4. The molecule has 324 valence electrons. The number of carbonyl (C=O) groups excluding carboxylic acids is 5. The minimum atomic E-state index is -1.22. The fraction of sp³-hybridized carbons (Fsp3) is 0.778. The predicted octanol–water partition coefficient (Wildman–Crippen LogP) is -3.12. The Balaban J connectivity index is 2.00. The van der Waals surface area contributed by atoms with Crippen molar-refractivity contribution in [2.75, 3.05) is 26.2 Å². The highest BCUT2D eigenvalue weighted by molar-refractivity contribution is 5.95. The third-order valence-corrected chi connectivity index (χ3v) is 10.5. The molecule has 8 atom stereocenters. The number of carbonyl (C=O) groups is 6. The largest absolute Gasteiger partial charge is 0.480 e. The van der Waals surface area contributed by atoms with Gasteiger partial charge in [0.15, 0.2) is 11.9 Å². The molecule has 2 fully saturated rings. The zero-order valence-electron chi connectivity index (χ0n) is 33.3. The number of aliphatic imine (C=N–C) groups is 2. The first-order valence-electron chi connectivity index (χ1n) is 20.2. The van der Waals surface area contributed by atoms with E-state index in [1.807, 2.05) is 0 Å². The van der Waals surface area contributed by atoms with Crippen molar-refractivity contribution >= 4 is 47.4 Å². The van der Waals surface area contributed by atoms with Crippen LogP contribution in [0.25, 0.3) is 0 Å². The van der Waals surface area contributed by atoms with Gasteiger partial charge in [-0.3, -0.25) is 34.0 Å². The monoisotopic (exact) mass is 809 g/mol. The topological polar surface area (TPSA) is 381 Å². The smallest absolute Gasteiger partial charge is 0.326 e. The van der Waals surface area contributed by atoms with Gasteiger partial charge < -0.3 is 71.4 Å². The van der Waals surface area contributed by atoms with Gasteiger partial charge in [0, 0.05) is 25.7 Å². The molecule has 0 radical (unpaired) electrons. The second-order valence-corrected chi connectivity index (χ2v) is 14.9. The zero-order valence-corrected chi connectivity index (χ0v) is 33.3. The van der Waals surface area contributed by atoms with Crippen LogP contribution in [-0.4, -0.2) is 126 Å². The molecule has 1 aliphatic heterocycles. The summed E-state index contributed by atoms with van der Waals surface area (Å²) in [6.07, 6.45) is 7.35. The van der Waals surface area contributed by atoms with Gasteiger partial charge in [-0.1, -0.05) is 19.8 Å². The number of amides is 5. The molecule has 19 N–H and O–H groups in total. The SMILES string of the molecule is CC[C@H](N)C(=O)N[C@@H](CCCCN=C(N)N)C(=O)NCCCC[C@H](N)C(=O)N[C@@H](CCN)C(=O)N1C2CCCCC2C[C@H]1C(=O)N[C@@H](CCCN=C(N)N)C(=O)O. The van der Waals surface area contributed by atoms with Crippen molar-refractivity contribution < 1.29 is 33.9 Å². The number of aliphatic carboxylic acids is 1. The summed E-state index contributed by atoms with van der Waals surface area (Å²) in [4.78, 5) is 88.0. The number of nitrogens with zero attached hydrogens (tertiary/aromatic N) is 3. The Labute approximate surface area is 334 Å². The van der Waals surface area contributed by atoms with Gasteiger partial charge in [0.1, 0.15) is 24.2 Å². The maximum absolute atomic E-state index is 14.2. The number of hydrogen-bond donors (Lipinski definition) is 12. The highest BCUT2D eigenvalue weighted by Gasteiger charge is 2.49. The summed E-state index contributed by atoms with van der Waals surface area (Å²) in [7, 11) is 0. The summed E-state index contributed by atoms with van der Waals surface area (Å²) in [6.45, 7) is 2.70. The molecule has 21 heteroatoms. The van der Waals surface area contributed by atoms with Crippen LogP contribution in [0.4, 0.5) is 0 Å². The van der Waals surface area contributed by atoms with E-state index in [4.69, 9.17) is 40.1 Å². The van der Waals surface area contributed by atoms with E-state index in [1.165, 1.54) is 4.90 Å². The van der Waals surface area contributed by atoms with E-state index in [-0.39, 0.29) is 68.7 Å². The summed E-state index contributed by atoms with van der Waals surface area (Å²) in [5, 5.41) is 20.7. The third kappa shape index (κ3) is 16.7. The Morgan fingerprint density at radius 1 is 0.719 bits per heavy atom. The lowest BCUT2D eigenvalue weighted by Crippen LogP contribution is -2.59. The molecule has 2 rings (SSSR count). The normalized spacial score (nSPS) is 20.1. The minimum absolute atomic E-state index is 0.0226.